The minimum absolute atomic E-state index is 0.154. The van der Waals surface area contributed by atoms with Crippen molar-refractivity contribution in [2.75, 3.05) is 10.8 Å². The number of ether oxygens (including phenoxy) is 1. The Morgan fingerprint density at radius 2 is 1.71 bits per heavy atom. The molecule has 0 saturated heterocycles. The van der Waals surface area contributed by atoms with Crippen molar-refractivity contribution in [2.24, 2.45) is 17.8 Å². The maximum absolute atomic E-state index is 13.4. The van der Waals surface area contributed by atoms with Gasteiger partial charge in [-0.2, -0.15) is 0 Å². The van der Waals surface area contributed by atoms with Gasteiger partial charge in [0.15, 0.2) is 0 Å². The molecule has 0 spiro atoms. The SMILES string of the molecule is Cc1ccc(S(=O)(=O)N(CC(=O)OC2CC(C)CCC2C(C)C)c2ccccc2)cc1. The normalized spacial score (nSPS) is 21.6. The second kappa shape index (κ2) is 9.86. The van der Waals surface area contributed by atoms with Gasteiger partial charge < -0.3 is 4.74 Å². The van der Waals surface area contributed by atoms with E-state index in [0.29, 0.717) is 23.4 Å². The van der Waals surface area contributed by atoms with Crippen LogP contribution in [0.25, 0.3) is 0 Å². The van der Waals surface area contributed by atoms with Crippen molar-refractivity contribution < 1.29 is 17.9 Å². The van der Waals surface area contributed by atoms with E-state index in [9.17, 15) is 13.2 Å². The van der Waals surface area contributed by atoms with E-state index >= 15 is 0 Å². The van der Waals surface area contributed by atoms with Crippen LogP contribution in [0.3, 0.4) is 0 Å². The first-order valence-electron chi connectivity index (χ1n) is 11.0. The van der Waals surface area contributed by atoms with Crippen LogP contribution in [0.5, 0.6) is 0 Å². The molecule has 3 unspecified atom stereocenters. The Morgan fingerprint density at radius 1 is 1.06 bits per heavy atom. The number of aryl methyl sites for hydroxylation is 1. The van der Waals surface area contributed by atoms with E-state index in [1.807, 2.05) is 13.0 Å². The van der Waals surface area contributed by atoms with E-state index in [1.165, 1.54) is 0 Å². The van der Waals surface area contributed by atoms with Gasteiger partial charge in [0.1, 0.15) is 12.6 Å². The zero-order valence-corrected chi connectivity index (χ0v) is 19.6. The summed E-state index contributed by atoms with van der Waals surface area (Å²) in [6, 6.07) is 15.4. The topological polar surface area (TPSA) is 63.7 Å². The molecule has 1 aliphatic carbocycles. The Hall–Kier alpha value is -2.34. The molecule has 5 nitrogen and oxygen atoms in total. The van der Waals surface area contributed by atoms with E-state index < -0.39 is 16.0 Å². The number of hydrogen-bond acceptors (Lipinski definition) is 4. The van der Waals surface area contributed by atoms with Gasteiger partial charge in [-0.05, 0) is 61.8 Å². The molecule has 0 N–H and O–H groups in total. The van der Waals surface area contributed by atoms with Crippen LogP contribution in [0.1, 0.15) is 45.6 Å². The molecule has 0 bridgehead atoms. The largest absolute Gasteiger partial charge is 0.461 e. The lowest BCUT2D eigenvalue weighted by atomic mass is 9.75. The van der Waals surface area contributed by atoms with E-state index in [0.717, 1.165) is 29.1 Å². The van der Waals surface area contributed by atoms with Gasteiger partial charge in [-0.25, -0.2) is 8.42 Å². The number of benzene rings is 2. The highest BCUT2D eigenvalue weighted by Gasteiger charge is 2.35. The minimum Gasteiger partial charge on any atom is -0.461 e. The van der Waals surface area contributed by atoms with Crippen molar-refractivity contribution in [3.8, 4) is 0 Å². The summed E-state index contributed by atoms with van der Waals surface area (Å²) in [6.45, 7) is 8.03. The Kier molecular flexibility index (Phi) is 7.42. The van der Waals surface area contributed by atoms with Gasteiger partial charge in [-0.1, -0.05) is 63.1 Å². The van der Waals surface area contributed by atoms with Crippen LogP contribution in [0.15, 0.2) is 59.5 Å². The molecular weight excluding hydrogens is 410 g/mol. The maximum Gasteiger partial charge on any atom is 0.327 e. The van der Waals surface area contributed by atoms with Crippen LogP contribution in [-0.2, 0) is 19.6 Å². The number of esters is 1. The Balaban J connectivity index is 1.85. The summed E-state index contributed by atoms with van der Waals surface area (Å²) in [5.41, 5.74) is 1.41. The van der Waals surface area contributed by atoms with Gasteiger partial charge in [0.25, 0.3) is 10.0 Å². The summed E-state index contributed by atoms with van der Waals surface area (Å²) in [4.78, 5) is 13.1. The van der Waals surface area contributed by atoms with Crippen molar-refractivity contribution >= 4 is 21.7 Å². The lowest BCUT2D eigenvalue weighted by molar-refractivity contribution is -0.153. The third-order valence-corrected chi connectivity index (χ3v) is 7.96. The number of nitrogens with zero attached hydrogens (tertiary/aromatic N) is 1. The quantitative estimate of drug-likeness (QED) is 0.552. The Bertz CT molecular complexity index is 970. The number of sulfonamides is 1. The molecule has 31 heavy (non-hydrogen) atoms. The number of carbonyl (C=O) groups is 1. The highest BCUT2D eigenvalue weighted by Crippen LogP contribution is 2.35. The number of anilines is 1. The standard InChI is InChI=1S/C25H33NO4S/c1-18(2)23-15-12-20(4)16-24(23)30-25(27)17-26(21-8-6-5-7-9-21)31(28,29)22-13-10-19(3)11-14-22/h5-11,13-14,18,20,23-24H,12,15-17H2,1-4H3. The zero-order chi connectivity index (χ0) is 22.6. The molecule has 2 aromatic carbocycles. The van der Waals surface area contributed by atoms with Crippen molar-refractivity contribution in [3.05, 3.63) is 60.2 Å². The Morgan fingerprint density at radius 3 is 2.32 bits per heavy atom. The summed E-state index contributed by atoms with van der Waals surface area (Å²) in [5, 5.41) is 0. The van der Waals surface area contributed by atoms with Crippen LogP contribution >= 0.6 is 0 Å². The van der Waals surface area contributed by atoms with Crippen molar-refractivity contribution in [1.29, 1.82) is 0 Å². The predicted octanol–water partition coefficient (Wildman–Crippen LogP) is 5.19. The molecule has 2 aromatic rings. The van der Waals surface area contributed by atoms with E-state index in [4.69, 9.17) is 4.74 Å². The first-order valence-corrected chi connectivity index (χ1v) is 12.5. The lowest BCUT2D eigenvalue weighted by Crippen LogP contribution is -2.41. The third-order valence-electron chi connectivity index (χ3n) is 6.17. The first kappa shape index (κ1) is 23.3. The summed E-state index contributed by atoms with van der Waals surface area (Å²) in [6.07, 6.45) is 2.82. The molecule has 0 heterocycles. The summed E-state index contributed by atoms with van der Waals surface area (Å²) in [7, 11) is -3.91. The van der Waals surface area contributed by atoms with Crippen molar-refractivity contribution in [2.45, 2.75) is 58.0 Å². The fourth-order valence-corrected chi connectivity index (χ4v) is 5.73. The fraction of sp³-hybridized carbons (Fsp3) is 0.480. The molecule has 0 aromatic heterocycles. The van der Waals surface area contributed by atoms with Crippen LogP contribution in [0, 0.1) is 24.7 Å². The monoisotopic (exact) mass is 443 g/mol. The lowest BCUT2D eigenvalue weighted by Gasteiger charge is -2.37. The van der Waals surface area contributed by atoms with Gasteiger partial charge in [0.2, 0.25) is 0 Å². The predicted molar refractivity (Wildman–Crippen MR) is 123 cm³/mol. The van der Waals surface area contributed by atoms with Gasteiger partial charge in [0, 0.05) is 0 Å². The molecule has 1 saturated carbocycles. The summed E-state index contributed by atoms with van der Waals surface area (Å²) in [5.74, 6) is 0.699. The number of hydrogen-bond donors (Lipinski definition) is 0. The van der Waals surface area contributed by atoms with E-state index in [1.54, 1.807) is 48.5 Å². The zero-order valence-electron chi connectivity index (χ0n) is 18.8. The van der Waals surface area contributed by atoms with Crippen molar-refractivity contribution in [1.82, 2.24) is 0 Å². The molecule has 0 amide bonds. The maximum atomic E-state index is 13.4. The molecule has 0 aliphatic heterocycles. The van der Waals surface area contributed by atoms with Gasteiger partial charge in [-0.15, -0.1) is 0 Å². The molecule has 1 fully saturated rings. The summed E-state index contributed by atoms with van der Waals surface area (Å²) < 4.78 is 33.9. The minimum atomic E-state index is -3.91. The fourth-order valence-electron chi connectivity index (χ4n) is 4.32. The summed E-state index contributed by atoms with van der Waals surface area (Å²) >= 11 is 0. The van der Waals surface area contributed by atoms with Crippen LogP contribution in [0.2, 0.25) is 0 Å². The molecule has 0 radical (unpaired) electrons. The second-order valence-electron chi connectivity index (χ2n) is 9.01. The number of carbonyl (C=O) groups excluding carboxylic acids is 1. The molecule has 1 aliphatic rings. The van der Waals surface area contributed by atoms with E-state index in [2.05, 4.69) is 20.8 Å². The molecule has 168 valence electrons. The average molecular weight is 444 g/mol. The molecular formula is C25H33NO4S. The molecule has 3 atom stereocenters. The Labute approximate surface area is 186 Å². The first-order chi connectivity index (χ1) is 14.7. The molecule has 3 rings (SSSR count). The highest BCUT2D eigenvalue weighted by atomic mass is 32.2. The highest BCUT2D eigenvalue weighted by molar-refractivity contribution is 7.92. The van der Waals surface area contributed by atoms with Gasteiger partial charge in [-0.3, -0.25) is 9.10 Å². The number of para-hydroxylation sites is 1. The third kappa shape index (κ3) is 5.67. The van der Waals surface area contributed by atoms with Gasteiger partial charge >= 0.3 is 5.97 Å². The van der Waals surface area contributed by atoms with Gasteiger partial charge in [0.05, 0.1) is 10.6 Å². The van der Waals surface area contributed by atoms with E-state index in [-0.39, 0.29) is 17.5 Å². The van der Waals surface area contributed by atoms with Crippen LogP contribution < -0.4 is 4.31 Å². The van der Waals surface area contributed by atoms with Crippen molar-refractivity contribution in [3.63, 3.8) is 0 Å². The number of rotatable bonds is 7. The van der Waals surface area contributed by atoms with Crippen LogP contribution in [0.4, 0.5) is 5.69 Å². The smallest absolute Gasteiger partial charge is 0.327 e. The molecule has 6 heteroatoms. The average Bonchev–Trinajstić information content (AvgIpc) is 2.72. The van der Waals surface area contributed by atoms with Crippen LogP contribution in [-0.4, -0.2) is 27.0 Å². The second-order valence-corrected chi connectivity index (χ2v) is 10.9.